The largest absolute Gasteiger partial charge is 0.383 e. The van der Waals surface area contributed by atoms with Crippen molar-refractivity contribution in [3.05, 3.63) is 29.8 Å². The highest BCUT2D eigenvalue weighted by molar-refractivity contribution is 7.89. The number of amides is 1. The molecule has 26 heavy (non-hydrogen) atoms. The summed E-state index contributed by atoms with van der Waals surface area (Å²) in [6, 6.07) is 7.08. The van der Waals surface area contributed by atoms with Crippen LogP contribution >= 0.6 is 12.4 Å². The summed E-state index contributed by atoms with van der Waals surface area (Å²) >= 11 is 0. The van der Waals surface area contributed by atoms with E-state index in [0.717, 1.165) is 12.8 Å². The third kappa shape index (κ3) is 4.95. The molecule has 0 radical (unpaired) electrons. The van der Waals surface area contributed by atoms with Gasteiger partial charge < -0.3 is 15.0 Å². The van der Waals surface area contributed by atoms with E-state index in [-0.39, 0.29) is 29.8 Å². The van der Waals surface area contributed by atoms with Crippen molar-refractivity contribution in [3.8, 4) is 0 Å². The molecule has 146 valence electrons. The first-order valence-electron chi connectivity index (χ1n) is 8.63. The first-order chi connectivity index (χ1) is 12.0. The highest BCUT2D eigenvalue weighted by atomic mass is 35.5. The Hall–Kier alpha value is -1.19. The predicted octanol–water partition coefficient (Wildman–Crippen LogP) is 1.000. The topological polar surface area (TPSA) is 87.7 Å². The standard InChI is InChI=1S/C17H25N3O4S.ClH/c1-24-10-8-18-25(22,23)16-4-2-3-13(11-16)17(21)20-9-7-14-5-6-15(12-20)19-14;/h2-4,11,14-15,18-19H,5-10,12H2,1H3;1H. The summed E-state index contributed by atoms with van der Waals surface area (Å²) in [4.78, 5) is 14.8. The lowest BCUT2D eigenvalue weighted by molar-refractivity contribution is 0.0748. The molecule has 2 bridgehead atoms. The van der Waals surface area contributed by atoms with Crippen molar-refractivity contribution in [2.45, 2.75) is 36.2 Å². The van der Waals surface area contributed by atoms with Crippen LogP contribution in [0.4, 0.5) is 0 Å². The Labute approximate surface area is 160 Å². The fourth-order valence-corrected chi connectivity index (χ4v) is 4.53. The molecular formula is C17H26ClN3O4S. The van der Waals surface area contributed by atoms with Gasteiger partial charge in [-0.25, -0.2) is 13.1 Å². The number of carbonyl (C=O) groups is 1. The van der Waals surface area contributed by atoms with Crippen LogP contribution in [0, 0.1) is 0 Å². The molecule has 2 saturated heterocycles. The van der Waals surface area contributed by atoms with E-state index >= 15 is 0 Å². The fraction of sp³-hybridized carbons (Fsp3) is 0.588. The van der Waals surface area contributed by atoms with Crippen LogP contribution in [0.2, 0.25) is 0 Å². The van der Waals surface area contributed by atoms with Crippen molar-refractivity contribution in [1.29, 1.82) is 0 Å². The number of hydrogen-bond acceptors (Lipinski definition) is 5. The van der Waals surface area contributed by atoms with Gasteiger partial charge in [-0.2, -0.15) is 0 Å². The number of ether oxygens (including phenoxy) is 1. The van der Waals surface area contributed by atoms with Gasteiger partial charge in [-0.05, 0) is 37.5 Å². The third-order valence-corrected chi connectivity index (χ3v) is 6.26. The van der Waals surface area contributed by atoms with E-state index in [0.29, 0.717) is 37.3 Å². The van der Waals surface area contributed by atoms with Gasteiger partial charge in [0, 0.05) is 44.4 Å². The Morgan fingerprint density at radius 3 is 2.85 bits per heavy atom. The maximum atomic E-state index is 12.8. The van der Waals surface area contributed by atoms with E-state index in [1.165, 1.54) is 25.7 Å². The van der Waals surface area contributed by atoms with E-state index in [1.807, 2.05) is 4.90 Å². The minimum atomic E-state index is -3.65. The van der Waals surface area contributed by atoms with Crippen LogP contribution in [-0.4, -0.2) is 64.7 Å². The monoisotopic (exact) mass is 403 g/mol. The van der Waals surface area contributed by atoms with Crippen LogP contribution in [0.5, 0.6) is 0 Å². The van der Waals surface area contributed by atoms with Crippen molar-refractivity contribution in [2.75, 3.05) is 33.4 Å². The second-order valence-corrected chi connectivity index (χ2v) is 8.36. The smallest absolute Gasteiger partial charge is 0.253 e. The molecule has 2 aliphatic heterocycles. The highest BCUT2D eigenvalue weighted by Gasteiger charge is 2.31. The van der Waals surface area contributed by atoms with Crippen LogP contribution in [0.1, 0.15) is 29.6 Å². The number of fused-ring (bicyclic) bond motifs is 2. The number of carbonyl (C=O) groups excluding carboxylic acids is 1. The lowest BCUT2D eigenvalue weighted by Crippen LogP contribution is -2.39. The number of methoxy groups -OCH3 is 1. The van der Waals surface area contributed by atoms with Crippen LogP contribution in [0.25, 0.3) is 0 Å². The molecule has 7 nitrogen and oxygen atoms in total. The Bertz CT molecular complexity index is 728. The zero-order chi connectivity index (χ0) is 17.9. The van der Waals surface area contributed by atoms with E-state index in [2.05, 4.69) is 10.0 Å². The molecule has 1 aromatic carbocycles. The molecule has 1 amide bonds. The number of nitrogens with one attached hydrogen (secondary N) is 2. The highest BCUT2D eigenvalue weighted by Crippen LogP contribution is 2.22. The van der Waals surface area contributed by atoms with Crippen molar-refractivity contribution in [1.82, 2.24) is 14.9 Å². The minimum Gasteiger partial charge on any atom is -0.383 e. The number of rotatable bonds is 6. The number of nitrogens with zero attached hydrogens (tertiary/aromatic N) is 1. The molecule has 0 aliphatic carbocycles. The molecule has 3 rings (SSSR count). The van der Waals surface area contributed by atoms with E-state index in [1.54, 1.807) is 12.1 Å². The van der Waals surface area contributed by atoms with Gasteiger partial charge in [0.15, 0.2) is 0 Å². The second-order valence-electron chi connectivity index (χ2n) is 6.60. The lowest BCUT2D eigenvalue weighted by atomic mass is 10.1. The summed E-state index contributed by atoms with van der Waals surface area (Å²) in [5.74, 6) is -0.108. The summed E-state index contributed by atoms with van der Waals surface area (Å²) in [5, 5.41) is 3.54. The molecule has 0 saturated carbocycles. The number of halogens is 1. The first-order valence-corrected chi connectivity index (χ1v) is 10.1. The Balaban J connectivity index is 0.00000243. The SMILES string of the molecule is COCCNS(=O)(=O)c1cccc(C(=O)N2CCC3CCC(C2)N3)c1.Cl. The van der Waals surface area contributed by atoms with Gasteiger partial charge in [-0.1, -0.05) is 6.07 Å². The summed E-state index contributed by atoms with van der Waals surface area (Å²) in [5.41, 5.74) is 0.410. The molecule has 2 heterocycles. The summed E-state index contributed by atoms with van der Waals surface area (Å²) in [6.07, 6.45) is 3.21. The van der Waals surface area contributed by atoms with Crippen molar-refractivity contribution in [3.63, 3.8) is 0 Å². The van der Waals surface area contributed by atoms with Gasteiger partial charge in [0.1, 0.15) is 0 Å². The molecule has 2 aliphatic rings. The molecule has 9 heteroatoms. The zero-order valence-corrected chi connectivity index (χ0v) is 16.4. The average molecular weight is 404 g/mol. The maximum Gasteiger partial charge on any atom is 0.253 e. The van der Waals surface area contributed by atoms with Crippen molar-refractivity contribution < 1.29 is 17.9 Å². The number of hydrogen-bond donors (Lipinski definition) is 2. The van der Waals surface area contributed by atoms with Crippen LogP contribution in [0.3, 0.4) is 0 Å². The Kier molecular flexibility index (Phi) is 7.42. The number of benzene rings is 1. The second kappa shape index (κ2) is 9.14. The Morgan fingerprint density at radius 2 is 2.08 bits per heavy atom. The Morgan fingerprint density at radius 1 is 1.31 bits per heavy atom. The molecule has 1 aromatic rings. The fourth-order valence-electron chi connectivity index (χ4n) is 3.47. The van der Waals surface area contributed by atoms with Crippen LogP contribution in [0.15, 0.2) is 29.2 Å². The molecule has 2 fully saturated rings. The molecule has 0 spiro atoms. The normalized spacial score (nSPS) is 22.6. The van der Waals surface area contributed by atoms with Gasteiger partial charge in [-0.3, -0.25) is 4.79 Å². The van der Waals surface area contributed by atoms with Gasteiger partial charge in [0.25, 0.3) is 5.91 Å². The number of likely N-dealkylation sites (tertiary alicyclic amines) is 1. The molecule has 2 N–H and O–H groups in total. The summed E-state index contributed by atoms with van der Waals surface area (Å²) in [6.45, 7) is 1.87. The number of sulfonamides is 1. The van der Waals surface area contributed by atoms with Gasteiger partial charge in [0.05, 0.1) is 11.5 Å². The molecule has 0 aromatic heterocycles. The maximum absolute atomic E-state index is 12.8. The van der Waals surface area contributed by atoms with Crippen molar-refractivity contribution in [2.24, 2.45) is 0 Å². The van der Waals surface area contributed by atoms with E-state index in [9.17, 15) is 13.2 Å². The van der Waals surface area contributed by atoms with Crippen molar-refractivity contribution >= 4 is 28.3 Å². The van der Waals surface area contributed by atoms with E-state index in [4.69, 9.17) is 4.74 Å². The third-order valence-electron chi connectivity index (χ3n) is 4.80. The molecule has 2 unspecified atom stereocenters. The van der Waals surface area contributed by atoms with Crippen LogP contribution in [-0.2, 0) is 14.8 Å². The summed E-state index contributed by atoms with van der Waals surface area (Å²) in [7, 11) is -2.14. The van der Waals surface area contributed by atoms with Gasteiger partial charge >= 0.3 is 0 Å². The summed E-state index contributed by atoms with van der Waals surface area (Å²) < 4.78 is 32.0. The predicted molar refractivity (Wildman–Crippen MR) is 101 cm³/mol. The van der Waals surface area contributed by atoms with Crippen LogP contribution < -0.4 is 10.0 Å². The average Bonchev–Trinajstić information content (AvgIpc) is 2.93. The molecule has 2 atom stereocenters. The molecular weight excluding hydrogens is 378 g/mol. The minimum absolute atomic E-state index is 0. The first kappa shape index (κ1) is 21.1. The van der Waals surface area contributed by atoms with E-state index < -0.39 is 10.0 Å². The lowest BCUT2D eigenvalue weighted by Gasteiger charge is -2.24. The quantitative estimate of drug-likeness (QED) is 0.692. The van der Waals surface area contributed by atoms with Gasteiger partial charge in [-0.15, -0.1) is 12.4 Å². The van der Waals surface area contributed by atoms with Gasteiger partial charge in [0.2, 0.25) is 10.0 Å². The zero-order valence-electron chi connectivity index (χ0n) is 14.8.